The van der Waals surface area contributed by atoms with Crippen LogP contribution in [0.25, 0.3) is 0 Å². The van der Waals surface area contributed by atoms with Gasteiger partial charge in [-0.25, -0.2) is 0 Å². The van der Waals surface area contributed by atoms with E-state index >= 15 is 0 Å². The Hall–Kier alpha value is -0.800. The number of hydrogen-bond donors (Lipinski definition) is 2. The summed E-state index contributed by atoms with van der Waals surface area (Å²) < 4.78 is 5.33. The summed E-state index contributed by atoms with van der Waals surface area (Å²) in [5.74, 6) is 1.58. The molecule has 0 radical (unpaired) electrons. The number of furan rings is 1. The van der Waals surface area contributed by atoms with Crippen molar-refractivity contribution in [3.05, 3.63) is 24.2 Å². The second-order valence-electron chi connectivity index (χ2n) is 4.75. The lowest BCUT2D eigenvalue weighted by molar-refractivity contribution is 0.203. The molecule has 1 aliphatic rings. The Bertz CT molecular complexity index is 291. The summed E-state index contributed by atoms with van der Waals surface area (Å²) in [4.78, 5) is 0. The molecule has 0 bridgehead atoms. The van der Waals surface area contributed by atoms with Crippen molar-refractivity contribution >= 4 is 0 Å². The third-order valence-electron chi connectivity index (χ3n) is 3.64. The maximum atomic E-state index is 9.37. The Morgan fingerprint density at radius 1 is 1.50 bits per heavy atom. The third-order valence-corrected chi connectivity index (χ3v) is 3.64. The highest BCUT2D eigenvalue weighted by Crippen LogP contribution is 2.28. The highest BCUT2D eigenvalue weighted by molar-refractivity contribution is 5.05. The molecule has 2 rings (SSSR count). The van der Waals surface area contributed by atoms with Crippen molar-refractivity contribution in [3.63, 3.8) is 0 Å². The van der Waals surface area contributed by atoms with Gasteiger partial charge in [0.05, 0.1) is 18.9 Å². The molecule has 16 heavy (non-hydrogen) atoms. The summed E-state index contributed by atoms with van der Waals surface area (Å²) in [5, 5.41) is 12.8. The number of rotatable bonds is 5. The van der Waals surface area contributed by atoms with Crippen molar-refractivity contribution in [2.45, 2.75) is 44.7 Å². The molecule has 0 amide bonds. The van der Waals surface area contributed by atoms with Gasteiger partial charge in [0.2, 0.25) is 0 Å². The van der Waals surface area contributed by atoms with Crippen LogP contribution in [0, 0.1) is 5.92 Å². The standard InChI is InChI=1S/C13H21NO2/c1-10(11-5-2-3-6-11)14-12(9-15)13-7-4-8-16-13/h4,7-8,10-12,14-15H,2-3,5-6,9H2,1H3. The Labute approximate surface area is 96.8 Å². The zero-order valence-corrected chi connectivity index (χ0v) is 9.86. The fourth-order valence-electron chi connectivity index (χ4n) is 2.63. The van der Waals surface area contributed by atoms with Crippen molar-refractivity contribution < 1.29 is 9.52 Å². The Balaban J connectivity index is 1.91. The van der Waals surface area contributed by atoms with Crippen LogP contribution in [0.3, 0.4) is 0 Å². The molecule has 3 heteroatoms. The Morgan fingerprint density at radius 2 is 2.25 bits per heavy atom. The molecular formula is C13H21NO2. The topological polar surface area (TPSA) is 45.4 Å². The van der Waals surface area contributed by atoms with Gasteiger partial charge in [-0.2, -0.15) is 0 Å². The highest BCUT2D eigenvalue weighted by atomic mass is 16.3. The molecule has 2 N–H and O–H groups in total. The molecule has 1 aliphatic carbocycles. The smallest absolute Gasteiger partial charge is 0.123 e. The molecule has 2 unspecified atom stereocenters. The van der Waals surface area contributed by atoms with E-state index in [1.165, 1.54) is 25.7 Å². The molecule has 2 atom stereocenters. The minimum absolute atomic E-state index is 0.0643. The maximum Gasteiger partial charge on any atom is 0.123 e. The molecular weight excluding hydrogens is 202 g/mol. The van der Waals surface area contributed by atoms with E-state index in [1.807, 2.05) is 12.1 Å². The predicted octanol–water partition coefficient (Wildman–Crippen LogP) is 2.48. The van der Waals surface area contributed by atoms with Crippen LogP contribution in [0.4, 0.5) is 0 Å². The van der Waals surface area contributed by atoms with Gasteiger partial charge in [0.1, 0.15) is 5.76 Å². The number of hydrogen-bond acceptors (Lipinski definition) is 3. The first kappa shape index (κ1) is 11.7. The molecule has 1 saturated carbocycles. The second-order valence-corrected chi connectivity index (χ2v) is 4.75. The lowest BCUT2D eigenvalue weighted by atomic mass is 9.99. The SMILES string of the molecule is CC(NC(CO)c1ccco1)C1CCCC1. The first-order valence-corrected chi connectivity index (χ1v) is 6.21. The minimum Gasteiger partial charge on any atom is -0.468 e. The molecule has 3 nitrogen and oxygen atoms in total. The largest absolute Gasteiger partial charge is 0.468 e. The van der Waals surface area contributed by atoms with E-state index in [1.54, 1.807) is 6.26 Å². The zero-order valence-electron chi connectivity index (χ0n) is 9.86. The molecule has 1 aromatic rings. The average Bonchev–Trinajstić information content (AvgIpc) is 2.96. The van der Waals surface area contributed by atoms with Crippen molar-refractivity contribution in [2.75, 3.05) is 6.61 Å². The van der Waals surface area contributed by atoms with Crippen LogP contribution in [0.2, 0.25) is 0 Å². The van der Waals surface area contributed by atoms with E-state index in [2.05, 4.69) is 12.2 Å². The minimum atomic E-state index is -0.0643. The number of aliphatic hydroxyl groups excluding tert-OH is 1. The Kier molecular flexibility index (Phi) is 4.02. The van der Waals surface area contributed by atoms with Gasteiger partial charge in [0.25, 0.3) is 0 Å². The van der Waals surface area contributed by atoms with E-state index in [0.29, 0.717) is 6.04 Å². The van der Waals surface area contributed by atoms with E-state index in [0.717, 1.165) is 11.7 Å². The van der Waals surface area contributed by atoms with E-state index < -0.39 is 0 Å². The van der Waals surface area contributed by atoms with E-state index in [-0.39, 0.29) is 12.6 Å². The molecule has 1 heterocycles. The monoisotopic (exact) mass is 223 g/mol. The number of aliphatic hydroxyl groups is 1. The predicted molar refractivity (Wildman–Crippen MR) is 63.1 cm³/mol. The third kappa shape index (κ3) is 2.66. The van der Waals surface area contributed by atoms with Crippen molar-refractivity contribution in [1.82, 2.24) is 5.32 Å². The van der Waals surface area contributed by atoms with Crippen LogP contribution >= 0.6 is 0 Å². The van der Waals surface area contributed by atoms with Gasteiger partial charge >= 0.3 is 0 Å². The van der Waals surface area contributed by atoms with Crippen LogP contribution in [-0.2, 0) is 0 Å². The summed E-state index contributed by atoms with van der Waals surface area (Å²) in [6.45, 7) is 2.30. The zero-order chi connectivity index (χ0) is 11.4. The van der Waals surface area contributed by atoms with Crippen molar-refractivity contribution in [1.29, 1.82) is 0 Å². The van der Waals surface area contributed by atoms with Gasteiger partial charge in [0.15, 0.2) is 0 Å². The van der Waals surface area contributed by atoms with Crippen LogP contribution in [0.1, 0.15) is 44.4 Å². The van der Waals surface area contributed by atoms with Gasteiger partial charge in [-0.15, -0.1) is 0 Å². The number of nitrogens with one attached hydrogen (secondary N) is 1. The van der Waals surface area contributed by atoms with Crippen molar-refractivity contribution in [2.24, 2.45) is 5.92 Å². The highest BCUT2D eigenvalue weighted by Gasteiger charge is 2.24. The lowest BCUT2D eigenvalue weighted by Crippen LogP contribution is -2.36. The fourth-order valence-corrected chi connectivity index (χ4v) is 2.63. The van der Waals surface area contributed by atoms with Crippen molar-refractivity contribution in [3.8, 4) is 0 Å². The first-order valence-electron chi connectivity index (χ1n) is 6.21. The van der Waals surface area contributed by atoms with Gasteiger partial charge in [-0.05, 0) is 37.8 Å². The summed E-state index contributed by atoms with van der Waals surface area (Å²) in [5.41, 5.74) is 0. The second kappa shape index (κ2) is 5.51. The van der Waals surface area contributed by atoms with Crippen LogP contribution in [0.15, 0.2) is 22.8 Å². The lowest BCUT2D eigenvalue weighted by Gasteiger charge is -2.24. The molecule has 0 aliphatic heterocycles. The molecule has 0 spiro atoms. The van der Waals surface area contributed by atoms with Gasteiger partial charge in [-0.1, -0.05) is 12.8 Å². The van der Waals surface area contributed by atoms with Gasteiger partial charge in [-0.3, -0.25) is 0 Å². The quantitative estimate of drug-likeness (QED) is 0.806. The van der Waals surface area contributed by atoms with Gasteiger partial charge < -0.3 is 14.8 Å². The van der Waals surface area contributed by atoms with E-state index in [4.69, 9.17) is 4.42 Å². The van der Waals surface area contributed by atoms with Crippen LogP contribution in [-0.4, -0.2) is 17.8 Å². The average molecular weight is 223 g/mol. The molecule has 1 fully saturated rings. The maximum absolute atomic E-state index is 9.37. The molecule has 90 valence electrons. The van der Waals surface area contributed by atoms with Crippen LogP contribution < -0.4 is 5.32 Å². The van der Waals surface area contributed by atoms with Crippen LogP contribution in [0.5, 0.6) is 0 Å². The first-order chi connectivity index (χ1) is 7.81. The summed E-state index contributed by atoms with van der Waals surface area (Å²) in [6.07, 6.45) is 6.97. The molecule has 0 saturated heterocycles. The Morgan fingerprint density at radius 3 is 2.81 bits per heavy atom. The summed E-state index contributed by atoms with van der Waals surface area (Å²) in [6, 6.07) is 4.16. The summed E-state index contributed by atoms with van der Waals surface area (Å²) >= 11 is 0. The molecule has 0 aromatic carbocycles. The van der Waals surface area contributed by atoms with Gasteiger partial charge in [0, 0.05) is 6.04 Å². The normalized spacial score (nSPS) is 21.1. The van der Waals surface area contributed by atoms with E-state index in [9.17, 15) is 5.11 Å². The molecule has 1 aromatic heterocycles. The fraction of sp³-hybridized carbons (Fsp3) is 0.692. The summed E-state index contributed by atoms with van der Waals surface area (Å²) in [7, 11) is 0.